The number of halogens is 1. The average molecular weight is 413 g/mol. The van der Waals surface area contributed by atoms with Crippen molar-refractivity contribution in [3.63, 3.8) is 0 Å². The lowest BCUT2D eigenvalue weighted by atomic mass is 9.76. The van der Waals surface area contributed by atoms with Gasteiger partial charge in [-0.05, 0) is 48.6 Å². The van der Waals surface area contributed by atoms with E-state index in [1.165, 1.54) is 6.07 Å². The molecule has 0 aromatic heterocycles. The summed E-state index contributed by atoms with van der Waals surface area (Å²) in [4.78, 5) is 23.1. The number of rotatable bonds is 5. The molecule has 1 N–H and O–H groups in total. The summed E-state index contributed by atoms with van der Waals surface area (Å²) in [5, 5.41) is 15.2. The van der Waals surface area contributed by atoms with Gasteiger partial charge in [0.15, 0.2) is 0 Å². The van der Waals surface area contributed by atoms with Gasteiger partial charge in [0.05, 0.1) is 23.1 Å². The number of carbonyl (C=O) groups is 1. The van der Waals surface area contributed by atoms with Gasteiger partial charge >= 0.3 is 5.97 Å². The van der Waals surface area contributed by atoms with Crippen LogP contribution in [-0.2, 0) is 4.74 Å². The molecular formula is C22H21ClN2O4. The third-order valence-corrected chi connectivity index (χ3v) is 5.91. The van der Waals surface area contributed by atoms with Gasteiger partial charge in [-0.25, -0.2) is 4.79 Å². The van der Waals surface area contributed by atoms with Crippen molar-refractivity contribution >= 4 is 28.9 Å². The van der Waals surface area contributed by atoms with Crippen LogP contribution >= 0.6 is 11.6 Å². The summed E-state index contributed by atoms with van der Waals surface area (Å²) >= 11 is 6.42. The molecule has 2 aromatic rings. The molecule has 0 spiro atoms. The fourth-order valence-electron chi connectivity index (χ4n) is 4.19. The van der Waals surface area contributed by atoms with Crippen LogP contribution in [0.3, 0.4) is 0 Å². The topological polar surface area (TPSA) is 81.5 Å². The van der Waals surface area contributed by atoms with Crippen LogP contribution in [0.4, 0.5) is 11.4 Å². The van der Waals surface area contributed by atoms with Crippen molar-refractivity contribution in [2.75, 3.05) is 11.9 Å². The Labute approximate surface area is 173 Å². The van der Waals surface area contributed by atoms with E-state index in [4.69, 9.17) is 16.3 Å². The molecule has 29 heavy (non-hydrogen) atoms. The van der Waals surface area contributed by atoms with Crippen LogP contribution in [0.2, 0.25) is 5.02 Å². The summed E-state index contributed by atoms with van der Waals surface area (Å²) in [6.45, 7) is 2.35. The Morgan fingerprint density at radius 1 is 1.28 bits per heavy atom. The van der Waals surface area contributed by atoms with E-state index in [1.807, 2.05) is 19.1 Å². The summed E-state index contributed by atoms with van der Waals surface area (Å²) in [5.74, 6) is -0.0635. The van der Waals surface area contributed by atoms with Gasteiger partial charge in [-0.2, -0.15) is 0 Å². The van der Waals surface area contributed by atoms with Gasteiger partial charge in [0.1, 0.15) is 0 Å². The summed E-state index contributed by atoms with van der Waals surface area (Å²) in [6.07, 6.45) is 5.86. The van der Waals surface area contributed by atoms with Crippen LogP contribution in [0.5, 0.6) is 0 Å². The number of nitrogens with one attached hydrogen (secondary N) is 1. The number of nitro benzene ring substituents is 1. The van der Waals surface area contributed by atoms with Crippen molar-refractivity contribution in [2.24, 2.45) is 5.92 Å². The minimum absolute atomic E-state index is 0.0218. The summed E-state index contributed by atoms with van der Waals surface area (Å²) < 4.78 is 5.26. The fourth-order valence-corrected chi connectivity index (χ4v) is 4.43. The Bertz CT molecular complexity index is 1000. The molecule has 0 bridgehead atoms. The highest BCUT2D eigenvalue weighted by Crippen LogP contribution is 2.51. The summed E-state index contributed by atoms with van der Waals surface area (Å²) in [7, 11) is 0. The van der Waals surface area contributed by atoms with Gasteiger partial charge in [0, 0.05) is 34.3 Å². The zero-order valence-electron chi connectivity index (χ0n) is 15.9. The smallest absolute Gasteiger partial charge is 0.338 e. The standard InChI is InChI=1S/C22H21ClN2O4/c1-2-10-29-22(26)13-6-9-20-17(11-13)15-4-3-5-16(15)21(24-20)18-12-14(25(27)28)7-8-19(18)23/h3-4,6-9,11-12,15-16,21,24H,2,5,10H2,1H3. The van der Waals surface area contributed by atoms with E-state index in [2.05, 4.69) is 17.5 Å². The molecule has 1 heterocycles. The van der Waals surface area contributed by atoms with Crippen LogP contribution in [0.15, 0.2) is 48.6 Å². The summed E-state index contributed by atoms with van der Waals surface area (Å²) in [5.41, 5.74) is 3.21. The molecule has 3 atom stereocenters. The van der Waals surface area contributed by atoms with E-state index in [9.17, 15) is 14.9 Å². The van der Waals surface area contributed by atoms with Crippen molar-refractivity contribution in [2.45, 2.75) is 31.7 Å². The highest BCUT2D eigenvalue weighted by molar-refractivity contribution is 6.31. The van der Waals surface area contributed by atoms with Crippen molar-refractivity contribution in [1.82, 2.24) is 0 Å². The lowest BCUT2D eigenvalue weighted by Gasteiger charge is -2.38. The average Bonchev–Trinajstić information content (AvgIpc) is 3.21. The van der Waals surface area contributed by atoms with Gasteiger partial charge < -0.3 is 10.1 Å². The SMILES string of the molecule is CCCOC(=O)c1ccc2c(c1)C1C=CCC1C(c1cc([N+](=O)[O-])ccc1Cl)N2. The van der Waals surface area contributed by atoms with Crippen LogP contribution in [0, 0.1) is 16.0 Å². The number of hydrogen-bond acceptors (Lipinski definition) is 5. The second-order valence-corrected chi connectivity index (χ2v) is 7.78. The predicted molar refractivity (Wildman–Crippen MR) is 111 cm³/mol. The van der Waals surface area contributed by atoms with Crippen LogP contribution < -0.4 is 5.32 Å². The Hall–Kier alpha value is -2.86. The lowest BCUT2D eigenvalue weighted by Crippen LogP contribution is -2.29. The normalized spacial score (nSPS) is 21.8. The molecule has 0 radical (unpaired) electrons. The maximum atomic E-state index is 12.3. The monoisotopic (exact) mass is 412 g/mol. The highest BCUT2D eigenvalue weighted by atomic mass is 35.5. The van der Waals surface area contributed by atoms with E-state index in [1.54, 1.807) is 18.2 Å². The van der Waals surface area contributed by atoms with Gasteiger partial charge in [-0.1, -0.05) is 30.7 Å². The predicted octanol–water partition coefficient (Wildman–Crippen LogP) is 5.64. The van der Waals surface area contributed by atoms with Crippen LogP contribution in [0.1, 0.15) is 53.2 Å². The molecule has 0 fully saturated rings. The molecule has 1 aliphatic carbocycles. The first kappa shape index (κ1) is 19.5. The minimum atomic E-state index is -0.408. The van der Waals surface area contributed by atoms with Crippen molar-refractivity contribution in [1.29, 1.82) is 0 Å². The van der Waals surface area contributed by atoms with E-state index in [0.717, 1.165) is 29.7 Å². The number of nitro groups is 1. The Kier molecular flexibility index (Phi) is 5.28. The van der Waals surface area contributed by atoms with Crippen molar-refractivity contribution in [3.8, 4) is 0 Å². The zero-order chi connectivity index (χ0) is 20.5. The maximum absolute atomic E-state index is 12.3. The van der Waals surface area contributed by atoms with Gasteiger partial charge in [-0.3, -0.25) is 10.1 Å². The lowest BCUT2D eigenvalue weighted by molar-refractivity contribution is -0.384. The quantitative estimate of drug-likeness (QED) is 0.297. The second-order valence-electron chi connectivity index (χ2n) is 7.38. The second kappa shape index (κ2) is 7.87. The number of nitrogens with zero attached hydrogens (tertiary/aromatic N) is 1. The highest BCUT2D eigenvalue weighted by Gasteiger charge is 2.39. The maximum Gasteiger partial charge on any atom is 0.338 e. The number of hydrogen-bond donors (Lipinski definition) is 1. The number of anilines is 1. The van der Waals surface area contributed by atoms with Gasteiger partial charge in [0.25, 0.3) is 5.69 Å². The molecule has 3 unspecified atom stereocenters. The minimum Gasteiger partial charge on any atom is -0.462 e. The summed E-state index contributed by atoms with van der Waals surface area (Å²) in [6, 6.07) is 9.90. The molecule has 7 heteroatoms. The molecule has 0 saturated carbocycles. The van der Waals surface area contributed by atoms with Gasteiger partial charge in [-0.15, -0.1) is 0 Å². The third-order valence-electron chi connectivity index (χ3n) is 5.56. The Balaban J connectivity index is 1.71. The molecule has 150 valence electrons. The molecule has 1 aliphatic heterocycles. The molecule has 0 amide bonds. The van der Waals surface area contributed by atoms with Gasteiger partial charge in [0.2, 0.25) is 0 Å². The number of fused-ring (bicyclic) bond motifs is 3. The van der Waals surface area contributed by atoms with Crippen LogP contribution in [-0.4, -0.2) is 17.5 Å². The van der Waals surface area contributed by atoms with E-state index < -0.39 is 4.92 Å². The number of ether oxygens (including phenoxy) is 1. The first-order valence-corrected chi connectivity index (χ1v) is 10.1. The first-order chi connectivity index (χ1) is 14.0. The third kappa shape index (κ3) is 3.60. The number of allylic oxidation sites excluding steroid dienone is 2. The fraction of sp³-hybridized carbons (Fsp3) is 0.318. The van der Waals surface area contributed by atoms with E-state index in [0.29, 0.717) is 17.2 Å². The number of benzene rings is 2. The first-order valence-electron chi connectivity index (χ1n) is 9.67. The van der Waals surface area contributed by atoms with Crippen LogP contribution in [0.25, 0.3) is 0 Å². The molecule has 4 rings (SSSR count). The molecule has 0 saturated heterocycles. The largest absolute Gasteiger partial charge is 0.462 e. The Morgan fingerprint density at radius 3 is 2.86 bits per heavy atom. The molecule has 2 aliphatic rings. The number of esters is 1. The zero-order valence-corrected chi connectivity index (χ0v) is 16.7. The number of carbonyl (C=O) groups excluding carboxylic acids is 1. The number of non-ortho nitro benzene ring substituents is 1. The molecule has 2 aromatic carbocycles. The van der Waals surface area contributed by atoms with Crippen molar-refractivity contribution < 1.29 is 14.5 Å². The molecule has 6 nitrogen and oxygen atoms in total. The van der Waals surface area contributed by atoms with E-state index >= 15 is 0 Å². The molecular weight excluding hydrogens is 392 g/mol. The van der Waals surface area contributed by atoms with E-state index in [-0.39, 0.29) is 29.5 Å². The Morgan fingerprint density at radius 2 is 2.10 bits per heavy atom. The van der Waals surface area contributed by atoms with Crippen molar-refractivity contribution in [3.05, 3.63) is 80.4 Å².